The van der Waals surface area contributed by atoms with Gasteiger partial charge in [-0.2, -0.15) is 9.78 Å². The van der Waals surface area contributed by atoms with Crippen LogP contribution in [0.5, 0.6) is 17.4 Å². The van der Waals surface area contributed by atoms with Crippen molar-refractivity contribution < 1.29 is 23.9 Å². The number of para-hydroxylation sites is 1. The number of benzene rings is 2. The fraction of sp³-hybridized carbons (Fsp3) is 0.125. The third-order valence-corrected chi connectivity index (χ3v) is 5.24. The van der Waals surface area contributed by atoms with E-state index in [0.29, 0.717) is 28.6 Å². The topological polar surface area (TPSA) is 112 Å². The predicted octanol–water partition coefficient (Wildman–Crippen LogP) is 2.71. The minimum absolute atomic E-state index is 0.127. The fourth-order valence-corrected chi connectivity index (χ4v) is 3.55. The largest absolute Gasteiger partial charge is 0.497 e. The van der Waals surface area contributed by atoms with Crippen molar-refractivity contribution in [3.05, 3.63) is 71.9 Å². The smallest absolute Gasteiger partial charge is 0.246 e. The number of ether oxygens (including phenoxy) is 2. The van der Waals surface area contributed by atoms with Crippen LogP contribution in [0, 0.1) is 12.8 Å². The number of methoxy groups -OCH3 is 1. The van der Waals surface area contributed by atoms with Crippen LogP contribution in [-0.4, -0.2) is 39.6 Å². The van der Waals surface area contributed by atoms with Crippen LogP contribution in [0.2, 0.25) is 0 Å². The molecule has 0 spiro atoms. The normalized spacial score (nSPS) is 14.1. The van der Waals surface area contributed by atoms with Gasteiger partial charge in [-0.25, -0.2) is 0 Å². The number of hydrogen-bond donors (Lipinski definition) is 2. The highest BCUT2D eigenvalue weighted by Crippen LogP contribution is 2.32. The highest BCUT2D eigenvalue weighted by molar-refractivity contribution is 7.80. The summed E-state index contributed by atoms with van der Waals surface area (Å²) in [4.78, 5) is 36.9. The van der Waals surface area contributed by atoms with Crippen LogP contribution in [0.3, 0.4) is 0 Å². The van der Waals surface area contributed by atoms with Crippen LogP contribution in [0.4, 0.5) is 0 Å². The zero-order chi connectivity index (χ0) is 24.2. The van der Waals surface area contributed by atoms with E-state index in [1.165, 1.54) is 12.2 Å². The second-order valence-electron chi connectivity index (χ2n) is 7.31. The Morgan fingerprint density at radius 1 is 1.03 bits per heavy atom. The summed E-state index contributed by atoms with van der Waals surface area (Å²) in [6, 6.07) is 16.4. The first-order valence-electron chi connectivity index (χ1n) is 10.2. The fourth-order valence-electron chi connectivity index (χ4n) is 3.35. The molecule has 2 N–H and O–H groups in total. The average molecular weight is 477 g/mol. The molecule has 2 aromatic carbocycles. The molecule has 0 aliphatic carbocycles. The van der Waals surface area contributed by atoms with Crippen LogP contribution >= 0.6 is 12.2 Å². The summed E-state index contributed by atoms with van der Waals surface area (Å²) in [6.45, 7) is 1.77. The monoisotopic (exact) mass is 476 g/mol. The Kier molecular flexibility index (Phi) is 6.51. The minimum atomic E-state index is -1.53. The van der Waals surface area contributed by atoms with Crippen LogP contribution in [0.1, 0.15) is 11.3 Å². The Bertz CT molecular complexity index is 1280. The summed E-state index contributed by atoms with van der Waals surface area (Å²) in [5.74, 6) is -2.20. The molecule has 4 rings (SSSR count). The molecule has 1 saturated heterocycles. The van der Waals surface area contributed by atoms with Crippen LogP contribution in [-0.2, 0) is 14.4 Å². The van der Waals surface area contributed by atoms with E-state index in [4.69, 9.17) is 21.7 Å². The molecule has 1 aliphatic heterocycles. The SMILES string of the molecule is COc1ccc(Oc2c(/C=C/C(=O)C3C(=O)NC(=S)NC3=O)c(C)nn2-c2ccccc2)cc1. The molecule has 0 atom stereocenters. The number of hydrogen-bond acceptors (Lipinski definition) is 7. The van der Waals surface area contributed by atoms with Gasteiger partial charge in [0.25, 0.3) is 0 Å². The number of carbonyl (C=O) groups excluding carboxylic acids is 3. The third kappa shape index (κ3) is 4.71. The zero-order valence-corrected chi connectivity index (χ0v) is 19.1. The lowest BCUT2D eigenvalue weighted by Crippen LogP contribution is -2.57. The van der Waals surface area contributed by atoms with E-state index in [9.17, 15) is 14.4 Å². The number of aromatic nitrogens is 2. The highest BCUT2D eigenvalue weighted by Gasteiger charge is 2.37. The average Bonchev–Trinajstić information content (AvgIpc) is 3.13. The van der Waals surface area contributed by atoms with Crippen molar-refractivity contribution >= 4 is 41.0 Å². The van der Waals surface area contributed by atoms with E-state index in [0.717, 1.165) is 5.69 Å². The summed E-state index contributed by atoms with van der Waals surface area (Å²) in [6.07, 6.45) is 2.65. The van der Waals surface area contributed by atoms with Gasteiger partial charge in [-0.1, -0.05) is 18.2 Å². The van der Waals surface area contributed by atoms with Crippen LogP contribution < -0.4 is 20.1 Å². The molecule has 1 aromatic heterocycles. The van der Waals surface area contributed by atoms with Gasteiger partial charge in [-0.3, -0.25) is 14.4 Å². The number of thiocarbonyl (C=S) groups is 1. The van der Waals surface area contributed by atoms with E-state index in [-0.39, 0.29) is 5.11 Å². The van der Waals surface area contributed by atoms with Gasteiger partial charge in [0, 0.05) is 0 Å². The standard InChI is InChI=1S/C24H20N4O5S/c1-14-18(12-13-19(29)20-21(30)25-24(34)26-22(20)31)23(28(27-14)15-6-4-3-5-7-15)33-17-10-8-16(32-2)9-11-17/h3-13,20H,1-2H3,(H2,25,26,30,31,34)/b13-12+. The highest BCUT2D eigenvalue weighted by atomic mass is 32.1. The molecule has 9 nitrogen and oxygen atoms in total. The molecular weight excluding hydrogens is 456 g/mol. The molecule has 34 heavy (non-hydrogen) atoms. The van der Waals surface area contributed by atoms with Crippen molar-refractivity contribution in [2.24, 2.45) is 5.92 Å². The van der Waals surface area contributed by atoms with E-state index in [2.05, 4.69) is 15.7 Å². The lowest BCUT2D eigenvalue weighted by atomic mass is 9.99. The molecule has 1 fully saturated rings. The summed E-state index contributed by atoms with van der Waals surface area (Å²) in [5, 5.41) is 9.01. The Labute approximate surface area is 200 Å². The van der Waals surface area contributed by atoms with Crippen molar-refractivity contribution in [1.29, 1.82) is 0 Å². The molecule has 2 heterocycles. The first kappa shape index (κ1) is 22.9. The summed E-state index contributed by atoms with van der Waals surface area (Å²) in [7, 11) is 1.57. The maximum Gasteiger partial charge on any atom is 0.246 e. The van der Waals surface area contributed by atoms with Crippen molar-refractivity contribution in [3.63, 3.8) is 0 Å². The molecule has 10 heteroatoms. The van der Waals surface area contributed by atoms with Crippen molar-refractivity contribution in [2.45, 2.75) is 6.92 Å². The lowest BCUT2D eigenvalue weighted by molar-refractivity contribution is -0.140. The minimum Gasteiger partial charge on any atom is -0.497 e. The lowest BCUT2D eigenvalue weighted by Gasteiger charge is -2.20. The Morgan fingerprint density at radius 3 is 2.26 bits per heavy atom. The first-order valence-corrected chi connectivity index (χ1v) is 10.6. The molecule has 3 aromatic rings. The number of allylic oxidation sites excluding steroid dienone is 1. The second-order valence-corrected chi connectivity index (χ2v) is 7.71. The summed E-state index contributed by atoms with van der Waals surface area (Å²) in [5.41, 5.74) is 1.84. The first-order chi connectivity index (χ1) is 16.4. The molecular formula is C24H20N4O5S. The van der Waals surface area contributed by atoms with Crippen molar-refractivity contribution in [3.8, 4) is 23.1 Å². The molecule has 0 saturated carbocycles. The number of amides is 2. The number of nitrogens with zero attached hydrogens (tertiary/aromatic N) is 2. The zero-order valence-electron chi connectivity index (χ0n) is 18.3. The predicted molar refractivity (Wildman–Crippen MR) is 128 cm³/mol. The molecule has 2 amide bonds. The van der Waals surface area contributed by atoms with Gasteiger partial charge in [-0.15, -0.1) is 0 Å². The molecule has 1 aliphatic rings. The maximum absolute atomic E-state index is 12.7. The van der Waals surface area contributed by atoms with Gasteiger partial charge in [0.15, 0.2) is 16.8 Å². The van der Waals surface area contributed by atoms with Gasteiger partial charge in [0.2, 0.25) is 17.7 Å². The van der Waals surface area contributed by atoms with Crippen LogP contribution in [0.25, 0.3) is 11.8 Å². The second kappa shape index (κ2) is 9.67. The Morgan fingerprint density at radius 2 is 1.65 bits per heavy atom. The molecule has 0 bridgehead atoms. The number of aryl methyl sites for hydroxylation is 1. The number of rotatable bonds is 7. The van der Waals surface area contributed by atoms with Gasteiger partial charge in [0.05, 0.1) is 24.1 Å². The van der Waals surface area contributed by atoms with Crippen molar-refractivity contribution in [2.75, 3.05) is 7.11 Å². The number of ketones is 1. The quantitative estimate of drug-likeness (QED) is 0.306. The van der Waals surface area contributed by atoms with Gasteiger partial charge in [-0.05, 0) is 67.7 Å². The Balaban J connectivity index is 1.70. The van der Waals surface area contributed by atoms with Crippen molar-refractivity contribution in [1.82, 2.24) is 20.4 Å². The number of carbonyl (C=O) groups is 3. The Hall–Kier alpha value is -4.31. The summed E-state index contributed by atoms with van der Waals surface area (Å²) < 4.78 is 13.0. The van der Waals surface area contributed by atoms with E-state index >= 15 is 0 Å². The maximum atomic E-state index is 12.7. The van der Waals surface area contributed by atoms with Gasteiger partial charge < -0.3 is 20.1 Å². The van der Waals surface area contributed by atoms with Gasteiger partial charge >= 0.3 is 0 Å². The molecule has 172 valence electrons. The molecule has 0 unspecified atom stereocenters. The summed E-state index contributed by atoms with van der Waals surface area (Å²) >= 11 is 4.77. The van der Waals surface area contributed by atoms with Crippen LogP contribution in [0.15, 0.2) is 60.7 Å². The van der Waals surface area contributed by atoms with E-state index in [1.807, 2.05) is 30.3 Å². The third-order valence-electron chi connectivity index (χ3n) is 5.03. The molecule has 0 radical (unpaired) electrons. The van der Waals surface area contributed by atoms with E-state index < -0.39 is 23.5 Å². The number of nitrogens with one attached hydrogen (secondary N) is 2. The van der Waals surface area contributed by atoms with E-state index in [1.54, 1.807) is 43.0 Å². The van der Waals surface area contributed by atoms with Gasteiger partial charge in [0.1, 0.15) is 11.5 Å².